The largest absolute Gasteiger partial charge is 0.350 e. The normalized spacial score (nSPS) is 14.3. The van der Waals surface area contributed by atoms with Crippen LogP contribution in [0.15, 0.2) is 23.8 Å². The first-order chi connectivity index (χ1) is 11.9. The highest BCUT2D eigenvalue weighted by Crippen LogP contribution is 2.27. The molecule has 0 bridgehead atoms. The number of allylic oxidation sites excluding steroid dienone is 3. The molecule has 0 aliphatic heterocycles. The van der Waals surface area contributed by atoms with Gasteiger partial charge in [-0.05, 0) is 30.9 Å². The second-order valence-electron chi connectivity index (χ2n) is 6.96. The first kappa shape index (κ1) is 23.7. The van der Waals surface area contributed by atoms with Crippen molar-refractivity contribution in [2.45, 2.75) is 72.0 Å². The number of unbranched alkanes of at least 4 members (excludes halogenated alkanes) is 4. The Morgan fingerprint density at radius 2 is 1.72 bits per heavy atom. The SMILES string of the molecule is CCCCCCC=CC(=O)C(=CC(CC(C)C)(OC)OC)C(C)C=O. The number of methoxy groups -OCH3 is 2. The molecule has 0 heterocycles. The number of ketones is 1. The lowest BCUT2D eigenvalue weighted by molar-refractivity contribution is -0.180. The zero-order valence-electron chi connectivity index (χ0n) is 16.8. The number of rotatable bonds is 14. The smallest absolute Gasteiger partial charge is 0.188 e. The molecule has 0 amide bonds. The topological polar surface area (TPSA) is 52.6 Å². The standard InChI is InChI=1S/C21H36O4/c1-7-8-9-10-11-12-13-20(23)19(18(4)16-22)15-21(24-5,25-6)14-17(2)3/h12-13,15-18H,7-11,14H2,1-6H3. The Labute approximate surface area is 153 Å². The fourth-order valence-electron chi connectivity index (χ4n) is 2.71. The minimum absolute atomic E-state index is 0.155. The Kier molecular flexibility index (Phi) is 12.4. The number of carbonyl (C=O) groups is 2. The van der Waals surface area contributed by atoms with Crippen LogP contribution in [0.5, 0.6) is 0 Å². The van der Waals surface area contributed by atoms with Gasteiger partial charge in [0.1, 0.15) is 6.29 Å². The van der Waals surface area contributed by atoms with Crippen molar-refractivity contribution in [3.63, 3.8) is 0 Å². The molecular weight excluding hydrogens is 316 g/mol. The van der Waals surface area contributed by atoms with Gasteiger partial charge in [0.2, 0.25) is 0 Å². The Bertz CT molecular complexity index is 445. The van der Waals surface area contributed by atoms with Crippen molar-refractivity contribution in [3.05, 3.63) is 23.8 Å². The zero-order valence-corrected chi connectivity index (χ0v) is 16.8. The van der Waals surface area contributed by atoms with Gasteiger partial charge in [-0.3, -0.25) is 4.79 Å². The third-order valence-corrected chi connectivity index (χ3v) is 4.23. The van der Waals surface area contributed by atoms with Crippen LogP contribution in [0.2, 0.25) is 0 Å². The molecule has 0 N–H and O–H groups in total. The van der Waals surface area contributed by atoms with E-state index in [-0.39, 0.29) is 5.78 Å². The molecular formula is C21H36O4. The average molecular weight is 353 g/mol. The first-order valence-electron chi connectivity index (χ1n) is 9.35. The zero-order chi connectivity index (χ0) is 19.3. The summed E-state index contributed by atoms with van der Waals surface area (Å²) in [5, 5.41) is 0. The summed E-state index contributed by atoms with van der Waals surface area (Å²) >= 11 is 0. The molecule has 0 radical (unpaired) electrons. The number of ether oxygens (including phenoxy) is 2. The quantitative estimate of drug-likeness (QED) is 0.193. The minimum Gasteiger partial charge on any atom is -0.350 e. The summed E-state index contributed by atoms with van der Waals surface area (Å²) in [7, 11) is 3.11. The summed E-state index contributed by atoms with van der Waals surface area (Å²) in [6.45, 7) is 8.01. The summed E-state index contributed by atoms with van der Waals surface area (Å²) in [5.74, 6) is -1.34. The van der Waals surface area contributed by atoms with Crippen molar-refractivity contribution in [1.82, 2.24) is 0 Å². The van der Waals surface area contributed by atoms with Crippen LogP contribution >= 0.6 is 0 Å². The van der Waals surface area contributed by atoms with Gasteiger partial charge in [0.05, 0.1) is 0 Å². The van der Waals surface area contributed by atoms with Crippen molar-refractivity contribution in [3.8, 4) is 0 Å². The minimum atomic E-state index is -0.995. The van der Waals surface area contributed by atoms with Crippen LogP contribution in [-0.4, -0.2) is 32.1 Å². The summed E-state index contributed by atoms with van der Waals surface area (Å²) < 4.78 is 11.1. The molecule has 0 aromatic carbocycles. The maximum Gasteiger partial charge on any atom is 0.188 e. The molecule has 0 saturated heterocycles. The van der Waals surface area contributed by atoms with Crippen LogP contribution in [0.3, 0.4) is 0 Å². The highest BCUT2D eigenvalue weighted by Gasteiger charge is 2.31. The lowest BCUT2D eigenvalue weighted by Crippen LogP contribution is -2.34. The number of hydrogen-bond donors (Lipinski definition) is 0. The molecule has 0 saturated carbocycles. The van der Waals surface area contributed by atoms with Crippen LogP contribution in [0.1, 0.15) is 66.2 Å². The highest BCUT2D eigenvalue weighted by atomic mass is 16.7. The van der Waals surface area contributed by atoms with Crippen LogP contribution in [0, 0.1) is 11.8 Å². The van der Waals surface area contributed by atoms with E-state index in [9.17, 15) is 9.59 Å². The van der Waals surface area contributed by atoms with Crippen molar-refractivity contribution in [1.29, 1.82) is 0 Å². The monoisotopic (exact) mass is 352 g/mol. The van der Waals surface area contributed by atoms with Crippen LogP contribution < -0.4 is 0 Å². The van der Waals surface area contributed by atoms with Crippen LogP contribution in [0.25, 0.3) is 0 Å². The molecule has 0 spiro atoms. The van der Waals surface area contributed by atoms with E-state index < -0.39 is 11.7 Å². The molecule has 1 unspecified atom stereocenters. The van der Waals surface area contributed by atoms with Gasteiger partial charge < -0.3 is 14.3 Å². The summed E-state index contributed by atoms with van der Waals surface area (Å²) in [5.41, 5.74) is 0.421. The van der Waals surface area contributed by atoms with E-state index in [0.717, 1.165) is 19.1 Å². The van der Waals surface area contributed by atoms with Crippen molar-refractivity contribution < 1.29 is 19.1 Å². The van der Waals surface area contributed by atoms with E-state index in [1.54, 1.807) is 33.3 Å². The second kappa shape index (κ2) is 13.0. The Hall–Kier alpha value is -1.26. The van der Waals surface area contributed by atoms with Gasteiger partial charge in [-0.1, -0.05) is 53.0 Å². The summed E-state index contributed by atoms with van der Waals surface area (Å²) in [6, 6.07) is 0. The second-order valence-corrected chi connectivity index (χ2v) is 6.96. The molecule has 0 aliphatic carbocycles. The maximum atomic E-state index is 12.6. The van der Waals surface area contributed by atoms with Crippen molar-refractivity contribution in [2.24, 2.45) is 11.8 Å². The third-order valence-electron chi connectivity index (χ3n) is 4.23. The highest BCUT2D eigenvalue weighted by molar-refractivity contribution is 6.06. The lowest BCUT2D eigenvalue weighted by atomic mass is 9.92. The van der Waals surface area contributed by atoms with Gasteiger partial charge in [0.25, 0.3) is 0 Å². The fourth-order valence-corrected chi connectivity index (χ4v) is 2.71. The van der Waals surface area contributed by atoms with E-state index in [0.29, 0.717) is 17.9 Å². The van der Waals surface area contributed by atoms with Gasteiger partial charge in [0, 0.05) is 32.1 Å². The number of hydrogen-bond acceptors (Lipinski definition) is 4. The predicted molar refractivity (Wildman–Crippen MR) is 102 cm³/mol. The molecule has 0 rings (SSSR count). The first-order valence-corrected chi connectivity index (χ1v) is 9.35. The van der Waals surface area contributed by atoms with Crippen LogP contribution in [-0.2, 0) is 19.1 Å². The van der Waals surface area contributed by atoms with Gasteiger partial charge >= 0.3 is 0 Å². The van der Waals surface area contributed by atoms with E-state index in [2.05, 4.69) is 20.8 Å². The Morgan fingerprint density at radius 3 is 2.20 bits per heavy atom. The van der Waals surface area contributed by atoms with Crippen molar-refractivity contribution >= 4 is 12.1 Å². The van der Waals surface area contributed by atoms with Crippen LogP contribution in [0.4, 0.5) is 0 Å². The predicted octanol–water partition coefficient (Wildman–Crippen LogP) is 4.88. The fraction of sp³-hybridized carbons (Fsp3) is 0.714. The van der Waals surface area contributed by atoms with E-state index in [1.165, 1.54) is 19.3 Å². The maximum absolute atomic E-state index is 12.6. The molecule has 4 nitrogen and oxygen atoms in total. The molecule has 0 aromatic rings. The molecule has 144 valence electrons. The van der Waals surface area contributed by atoms with Gasteiger partial charge in [0.15, 0.2) is 11.6 Å². The Balaban J connectivity index is 5.29. The van der Waals surface area contributed by atoms with Gasteiger partial charge in [-0.25, -0.2) is 0 Å². The number of aldehydes is 1. The lowest BCUT2D eigenvalue weighted by Gasteiger charge is -2.30. The third kappa shape index (κ3) is 9.13. The average Bonchev–Trinajstić information content (AvgIpc) is 2.60. The van der Waals surface area contributed by atoms with Gasteiger partial charge in [-0.15, -0.1) is 0 Å². The molecule has 0 aromatic heterocycles. The number of carbonyl (C=O) groups excluding carboxylic acids is 2. The summed E-state index contributed by atoms with van der Waals surface area (Å²) in [6.07, 6.45) is 12.1. The molecule has 1 atom stereocenters. The van der Waals surface area contributed by atoms with E-state index >= 15 is 0 Å². The molecule has 0 fully saturated rings. The molecule has 25 heavy (non-hydrogen) atoms. The van der Waals surface area contributed by atoms with E-state index in [4.69, 9.17) is 9.47 Å². The molecule has 4 heteroatoms. The Morgan fingerprint density at radius 1 is 1.08 bits per heavy atom. The van der Waals surface area contributed by atoms with Gasteiger partial charge in [-0.2, -0.15) is 0 Å². The molecule has 0 aliphatic rings. The van der Waals surface area contributed by atoms with Crippen molar-refractivity contribution in [2.75, 3.05) is 14.2 Å². The summed E-state index contributed by atoms with van der Waals surface area (Å²) in [4.78, 5) is 23.9. The van der Waals surface area contributed by atoms with E-state index in [1.807, 2.05) is 6.08 Å².